The quantitative estimate of drug-likeness (QED) is 0.305. The van der Waals surface area contributed by atoms with E-state index in [0.717, 1.165) is 0 Å². The minimum atomic E-state index is -4.39. The Balaban J connectivity index is 1.75. The molecular weight excluding hydrogens is 505 g/mol. The molecule has 0 aliphatic rings. The molecule has 1 aromatic carbocycles. The zero-order valence-corrected chi connectivity index (χ0v) is 21.2. The van der Waals surface area contributed by atoms with Gasteiger partial charge in [0.15, 0.2) is 15.5 Å². The molecule has 3 aromatic heterocycles. The highest BCUT2D eigenvalue weighted by Gasteiger charge is 2.29. The number of nitrogens with zero attached hydrogens (tertiary/aromatic N) is 3. The van der Waals surface area contributed by atoms with E-state index in [4.69, 9.17) is 4.74 Å². The largest absolute Gasteiger partial charge is 0.393 e. The molecule has 0 fully saturated rings. The van der Waals surface area contributed by atoms with Crippen LogP contribution in [0, 0.1) is 0 Å². The van der Waals surface area contributed by atoms with Crippen molar-refractivity contribution in [2.75, 3.05) is 12.4 Å². The maximum absolute atomic E-state index is 13.1. The normalized spacial score (nSPS) is 12.3. The van der Waals surface area contributed by atoms with Crippen LogP contribution in [0.3, 0.4) is 0 Å². The molecule has 0 saturated carbocycles. The van der Waals surface area contributed by atoms with Crippen LogP contribution in [0.15, 0.2) is 65.7 Å². The first-order chi connectivity index (χ1) is 17.5. The summed E-state index contributed by atoms with van der Waals surface area (Å²) in [5.41, 5.74) is 2.55. The molecule has 11 heteroatoms. The number of ether oxygens (including phenoxy) is 1. The standard InChI is InChI=1S/C26H25F3N4O3S/c1-16(2)37(34,35)20-8-6-18(7-9-20)31-23-13-19(15-36-3)32-25-21(23)10-11-22(33-25)24-17(5-4-12-30-24)14-26(27,28)29/h4-13,16H,14-15H2,1-3H3,(H,31,32,33). The van der Waals surface area contributed by atoms with Crippen LogP contribution in [0.2, 0.25) is 0 Å². The number of methoxy groups -OCH3 is 1. The smallest absolute Gasteiger partial charge is 0.378 e. The van der Waals surface area contributed by atoms with Gasteiger partial charge in [0, 0.05) is 24.4 Å². The van der Waals surface area contributed by atoms with E-state index in [1.54, 1.807) is 44.2 Å². The summed E-state index contributed by atoms with van der Waals surface area (Å²) >= 11 is 0. The maximum Gasteiger partial charge on any atom is 0.393 e. The third kappa shape index (κ3) is 6.05. The summed E-state index contributed by atoms with van der Waals surface area (Å²) in [6, 6.07) is 14.3. The number of rotatable bonds is 8. The summed E-state index contributed by atoms with van der Waals surface area (Å²) in [7, 11) is -1.88. The molecule has 4 aromatic rings. The summed E-state index contributed by atoms with van der Waals surface area (Å²) < 4.78 is 69.4. The number of anilines is 2. The summed E-state index contributed by atoms with van der Waals surface area (Å²) in [6.45, 7) is 3.44. The summed E-state index contributed by atoms with van der Waals surface area (Å²) in [5, 5.41) is 3.34. The number of benzene rings is 1. The lowest BCUT2D eigenvalue weighted by atomic mass is 10.1. The minimum Gasteiger partial charge on any atom is -0.378 e. The van der Waals surface area contributed by atoms with E-state index in [-0.39, 0.29) is 28.5 Å². The second-order valence-corrected chi connectivity index (χ2v) is 11.2. The zero-order chi connectivity index (χ0) is 26.8. The topological polar surface area (TPSA) is 94.1 Å². The highest BCUT2D eigenvalue weighted by molar-refractivity contribution is 7.92. The SMILES string of the molecule is COCc1cc(Nc2ccc(S(=O)(=O)C(C)C)cc2)c2ccc(-c3ncccc3CC(F)(F)F)nc2n1. The Morgan fingerprint density at radius 1 is 1.03 bits per heavy atom. The Labute approximate surface area is 212 Å². The van der Waals surface area contributed by atoms with Crippen molar-refractivity contribution >= 4 is 32.2 Å². The molecule has 0 unspecified atom stereocenters. The van der Waals surface area contributed by atoms with Gasteiger partial charge in [0.2, 0.25) is 0 Å². The van der Waals surface area contributed by atoms with Gasteiger partial charge in [-0.3, -0.25) is 4.98 Å². The van der Waals surface area contributed by atoms with Crippen molar-refractivity contribution in [3.63, 3.8) is 0 Å². The Kier molecular flexibility index (Phi) is 7.47. The first-order valence-electron chi connectivity index (χ1n) is 11.4. The van der Waals surface area contributed by atoms with Gasteiger partial charge in [-0.2, -0.15) is 13.2 Å². The van der Waals surface area contributed by atoms with Crippen LogP contribution in [-0.2, 0) is 27.6 Å². The van der Waals surface area contributed by atoms with Crippen molar-refractivity contribution in [1.29, 1.82) is 0 Å². The Morgan fingerprint density at radius 2 is 1.76 bits per heavy atom. The van der Waals surface area contributed by atoms with Crippen molar-refractivity contribution in [2.45, 2.75) is 43.2 Å². The molecule has 0 atom stereocenters. The van der Waals surface area contributed by atoms with Crippen LogP contribution in [0.1, 0.15) is 25.1 Å². The number of alkyl halides is 3. The molecular formula is C26H25F3N4O3S. The molecule has 194 valence electrons. The second kappa shape index (κ2) is 10.4. The molecule has 4 rings (SSSR count). The molecule has 37 heavy (non-hydrogen) atoms. The monoisotopic (exact) mass is 530 g/mol. The van der Waals surface area contributed by atoms with Crippen molar-refractivity contribution < 1.29 is 26.3 Å². The fraction of sp³-hybridized carbons (Fsp3) is 0.269. The van der Waals surface area contributed by atoms with E-state index in [2.05, 4.69) is 20.3 Å². The molecule has 0 radical (unpaired) electrons. The van der Waals surface area contributed by atoms with Crippen LogP contribution >= 0.6 is 0 Å². The summed E-state index contributed by atoms with van der Waals surface area (Å²) in [4.78, 5) is 13.4. The Morgan fingerprint density at radius 3 is 2.41 bits per heavy atom. The van der Waals surface area contributed by atoms with Crippen molar-refractivity contribution in [1.82, 2.24) is 15.0 Å². The molecule has 0 bridgehead atoms. The number of pyridine rings is 3. The number of hydrogen-bond donors (Lipinski definition) is 1. The van der Waals surface area contributed by atoms with Crippen LogP contribution in [0.4, 0.5) is 24.5 Å². The average Bonchev–Trinajstić information content (AvgIpc) is 2.83. The van der Waals surface area contributed by atoms with Gasteiger partial charge in [0.05, 0.1) is 45.9 Å². The van der Waals surface area contributed by atoms with Crippen molar-refractivity contribution in [3.8, 4) is 11.4 Å². The van der Waals surface area contributed by atoms with Gasteiger partial charge < -0.3 is 10.1 Å². The van der Waals surface area contributed by atoms with E-state index in [1.807, 2.05) is 0 Å². The van der Waals surface area contributed by atoms with Crippen LogP contribution in [-0.4, -0.2) is 41.9 Å². The van der Waals surface area contributed by atoms with Crippen LogP contribution in [0.5, 0.6) is 0 Å². The van der Waals surface area contributed by atoms with Gasteiger partial charge in [-0.15, -0.1) is 0 Å². The Bertz CT molecular complexity index is 1520. The number of nitrogens with one attached hydrogen (secondary N) is 1. The third-order valence-electron chi connectivity index (χ3n) is 5.63. The fourth-order valence-corrected chi connectivity index (χ4v) is 4.86. The number of sulfone groups is 1. The molecule has 1 N–H and O–H groups in total. The molecule has 0 saturated heterocycles. The minimum absolute atomic E-state index is 0.0182. The maximum atomic E-state index is 13.1. The molecule has 0 aliphatic carbocycles. The molecule has 3 heterocycles. The first kappa shape index (κ1) is 26.5. The molecule has 0 spiro atoms. The van der Waals surface area contributed by atoms with Gasteiger partial charge >= 0.3 is 6.18 Å². The number of hydrogen-bond acceptors (Lipinski definition) is 7. The summed E-state index contributed by atoms with van der Waals surface area (Å²) in [5.74, 6) is 0. The number of halogens is 3. The van der Waals surface area contributed by atoms with Crippen LogP contribution < -0.4 is 5.32 Å². The van der Waals surface area contributed by atoms with E-state index in [9.17, 15) is 21.6 Å². The molecule has 7 nitrogen and oxygen atoms in total. The van der Waals surface area contributed by atoms with Gasteiger partial charge in [-0.1, -0.05) is 6.07 Å². The third-order valence-corrected chi connectivity index (χ3v) is 7.80. The lowest BCUT2D eigenvalue weighted by Crippen LogP contribution is -2.13. The van der Waals surface area contributed by atoms with Crippen LogP contribution in [0.25, 0.3) is 22.4 Å². The molecule has 0 amide bonds. The summed E-state index contributed by atoms with van der Waals surface area (Å²) in [6.07, 6.45) is -4.09. The second-order valence-electron chi connectivity index (χ2n) is 8.71. The molecule has 0 aliphatic heterocycles. The Hall–Kier alpha value is -3.57. The first-order valence-corrected chi connectivity index (χ1v) is 12.9. The van der Waals surface area contributed by atoms with Gasteiger partial charge in [-0.25, -0.2) is 18.4 Å². The van der Waals surface area contributed by atoms with Crippen molar-refractivity contribution in [3.05, 3.63) is 72.1 Å². The predicted octanol–water partition coefficient (Wildman–Crippen LogP) is 5.87. The van der Waals surface area contributed by atoms with Gasteiger partial charge in [0.1, 0.15) is 0 Å². The predicted molar refractivity (Wildman–Crippen MR) is 135 cm³/mol. The lowest BCUT2D eigenvalue weighted by Gasteiger charge is -2.14. The average molecular weight is 531 g/mol. The van der Waals surface area contributed by atoms with Gasteiger partial charge in [-0.05, 0) is 67.9 Å². The lowest BCUT2D eigenvalue weighted by molar-refractivity contribution is -0.127. The number of fused-ring (bicyclic) bond motifs is 1. The zero-order valence-electron chi connectivity index (χ0n) is 20.4. The highest BCUT2D eigenvalue weighted by Crippen LogP contribution is 2.31. The van der Waals surface area contributed by atoms with E-state index in [0.29, 0.717) is 28.1 Å². The fourth-order valence-electron chi connectivity index (χ4n) is 3.80. The highest BCUT2D eigenvalue weighted by atomic mass is 32.2. The van der Waals surface area contributed by atoms with E-state index in [1.165, 1.54) is 37.6 Å². The van der Waals surface area contributed by atoms with E-state index >= 15 is 0 Å². The number of aromatic nitrogens is 3. The van der Waals surface area contributed by atoms with E-state index < -0.39 is 27.7 Å². The van der Waals surface area contributed by atoms with Crippen molar-refractivity contribution in [2.24, 2.45) is 0 Å². The van der Waals surface area contributed by atoms with Gasteiger partial charge in [0.25, 0.3) is 0 Å².